The van der Waals surface area contributed by atoms with Gasteiger partial charge in [-0.1, -0.05) is 18.2 Å². The van der Waals surface area contributed by atoms with Gasteiger partial charge >= 0.3 is 0 Å². The molecule has 0 bridgehead atoms. The standard InChI is InChI=1S/C16H23FN2OS/c1-18(16(20)12-21-2)14-7-5-9-19(11-14)10-13-6-3-4-8-15(13)17/h3-4,6,8,14H,5,7,9-12H2,1-2H3. The van der Waals surface area contributed by atoms with Gasteiger partial charge in [-0.25, -0.2) is 4.39 Å². The highest BCUT2D eigenvalue weighted by Gasteiger charge is 2.26. The van der Waals surface area contributed by atoms with Crippen molar-refractivity contribution in [2.75, 3.05) is 32.1 Å². The zero-order chi connectivity index (χ0) is 15.2. The van der Waals surface area contributed by atoms with Gasteiger partial charge in [-0.05, 0) is 31.7 Å². The smallest absolute Gasteiger partial charge is 0.232 e. The van der Waals surface area contributed by atoms with Crippen molar-refractivity contribution in [3.63, 3.8) is 0 Å². The molecular weight excluding hydrogens is 287 g/mol. The van der Waals surface area contributed by atoms with Crippen molar-refractivity contribution >= 4 is 17.7 Å². The van der Waals surface area contributed by atoms with Gasteiger partial charge in [0.2, 0.25) is 5.91 Å². The van der Waals surface area contributed by atoms with E-state index in [-0.39, 0.29) is 17.8 Å². The van der Waals surface area contributed by atoms with Crippen LogP contribution >= 0.6 is 11.8 Å². The lowest BCUT2D eigenvalue weighted by atomic mass is 10.0. The van der Waals surface area contributed by atoms with E-state index in [4.69, 9.17) is 0 Å². The largest absolute Gasteiger partial charge is 0.341 e. The highest BCUT2D eigenvalue weighted by Crippen LogP contribution is 2.19. The Morgan fingerprint density at radius 2 is 2.24 bits per heavy atom. The minimum atomic E-state index is -0.147. The second kappa shape index (κ2) is 7.80. The summed E-state index contributed by atoms with van der Waals surface area (Å²) in [5.74, 6) is 0.562. The Labute approximate surface area is 130 Å². The molecule has 2 rings (SSSR count). The van der Waals surface area contributed by atoms with Gasteiger partial charge in [0.05, 0.1) is 5.75 Å². The third kappa shape index (κ3) is 4.45. The number of amides is 1. The lowest BCUT2D eigenvalue weighted by Gasteiger charge is -2.37. The van der Waals surface area contributed by atoms with E-state index < -0.39 is 0 Å². The fourth-order valence-corrected chi connectivity index (χ4v) is 3.24. The molecule has 0 radical (unpaired) electrons. The van der Waals surface area contributed by atoms with E-state index in [0.29, 0.717) is 12.3 Å². The monoisotopic (exact) mass is 310 g/mol. The fraction of sp³-hybridized carbons (Fsp3) is 0.562. The molecule has 0 spiro atoms. The van der Waals surface area contributed by atoms with E-state index >= 15 is 0 Å². The third-order valence-corrected chi connectivity index (χ3v) is 4.58. The normalized spacial score (nSPS) is 19.5. The first-order valence-corrected chi connectivity index (χ1v) is 8.71. The first-order chi connectivity index (χ1) is 10.1. The van der Waals surface area contributed by atoms with Gasteiger partial charge < -0.3 is 4.90 Å². The summed E-state index contributed by atoms with van der Waals surface area (Å²) in [6.07, 6.45) is 4.03. The number of thioether (sulfide) groups is 1. The number of piperidine rings is 1. The molecule has 3 nitrogen and oxygen atoms in total. The molecule has 1 aliphatic heterocycles. The molecule has 1 heterocycles. The maximum atomic E-state index is 13.7. The predicted molar refractivity (Wildman–Crippen MR) is 85.9 cm³/mol. The highest BCUT2D eigenvalue weighted by molar-refractivity contribution is 7.99. The number of carbonyl (C=O) groups excluding carboxylic acids is 1. The Bertz CT molecular complexity index is 483. The molecule has 0 N–H and O–H groups in total. The van der Waals surface area contributed by atoms with E-state index in [0.717, 1.165) is 31.5 Å². The number of carbonyl (C=O) groups is 1. The molecule has 1 unspecified atom stereocenters. The average Bonchev–Trinajstić information content (AvgIpc) is 2.49. The molecule has 0 aliphatic carbocycles. The van der Waals surface area contributed by atoms with Crippen molar-refractivity contribution in [3.05, 3.63) is 35.6 Å². The Balaban J connectivity index is 1.94. The second-order valence-corrected chi connectivity index (χ2v) is 6.43. The molecule has 1 aromatic carbocycles. The molecular formula is C16H23FN2OS. The van der Waals surface area contributed by atoms with Crippen molar-refractivity contribution in [3.8, 4) is 0 Å². The molecule has 0 saturated carbocycles. The summed E-state index contributed by atoms with van der Waals surface area (Å²) < 4.78 is 13.7. The Kier molecular flexibility index (Phi) is 6.06. The lowest BCUT2D eigenvalue weighted by molar-refractivity contribution is -0.130. The Hall–Kier alpha value is -1.07. The first-order valence-electron chi connectivity index (χ1n) is 7.32. The van der Waals surface area contributed by atoms with Crippen LogP contribution in [0.15, 0.2) is 24.3 Å². The number of hydrogen-bond donors (Lipinski definition) is 0. The molecule has 1 fully saturated rings. The van der Waals surface area contributed by atoms with E-state index in [1.54, 1.807) is 17.8 Å². The van der Waals surface area contributed by atoms with Crippen molar-refractivity contribution in [1.29, 1.82) is 0 Å². The van der Waals surface area contributed by atoms with E-state index in [2.05, 4.69) is 4.90 Å². The highest BCUT2D eigenvalue weighted by atomic mass is 32.2. The number of likely N-dealkylation sites (tertiary alicyclic amines) is 1. The summed E-state index contributed by atoms with van der Waals surface area (Å²) in [5.41, 5.74) is 0.733. The molecule has 0 aromatic heterocycles. The topological polar surface area (TPSA) is 23.6 Å². The molecule has 1 atom stereocenters. The first kappa shape index (κ1) is 16.3. The molecule has 1 aliphatic rings. The number of halogens is 1. The van der Waals surface area contributed by atoms with Crippen molar-refractivity contribution in [2.24, 2.45) is 0 Å². The minimum Gasteiger partial charge on any atom is -0.341 e. The van der Waals surface area contributed by atoms with Crippen LogP contribution in [0.4, 0.5) is 4.39 Å². The fourth-order valence-electron chi connectivity index (χ4n) is 2.79. The maximum absolute atomic E-state index is 13.7. The van der Waals surface area contributed by atoms with Gasteiger partial charge in [-0.3, -0.25) is 9.69 Å². The molecule has 1 saturated heterocycles. The van der Waals surface area contributed by atoms with Crippen molar-refractivity contribution in [2.45, 2.75) is 25.4 Å². The van der Waals surface area contributed by atoms with E-state index in [1.807, 2.05) is 30.3 Å². The van der Waals surface area contributed by atoms with Gasteiger partial charge in [0.15, 0.2) is 0 Å². The van der Waals surface area contributed by atoms with Crippen molar-refractivity contribution < 1.29 is 9.18 Å². The number of nitrogens with zero attached hydrogens (tertiary/aromatic N) is 2. The van der Waals surface area contributed by atoms with E-state index in [1.165, 1.54) is 6.07 Å². The summed E-state index contributed by atoms with van der Waals surface area (Å²) in [6.45, 7) is 2.41. The number of likely N-dealkylation sites (N-methyl/N-ethyl adjacent to an activating group) is 1. The summed E-state index contributed by atoms with van der Waals surface area (Å²) in [6, 6.07) is 7.16. The zero-order valence-electron chi connectivity index (χ0n) is 12.7. The summed E-state index contributed by atoms with van der Waals surface area (Å²) in [7, 11) is 1.88. The van der Waals surface area contributed by atoms with Crippen LogP contribution in [0.3, 0.4) is 0 Å². The van der Waals surface area contributed by atoms with Gasteiger partial charge in [0.25, 0.3) is 0 Å². The van der Waals surface area contributed by atoms with Crippen LogP contribution in [-0.4, -0.2) is 53.9 Å². The van der Waals surface area contributed by atoms with Crippen LogP contribution in [0, 0.1) is 5.82 Å². The van der Waals surface area contributed by atoms with Gasteiger partial charge in [-0.15, -0.1) is 0 Å². The number of rotatable bonds is 5. The average molecular weight is 310 g/mol. The van der Waals surface area contributed by atoms with Crippen LogP contribution in [0.25, 0.3) is 0 Å². The number of hydrogen-bond acceptors (Lipinski definition) is 3. The second-order valence-electron chi connectivity index (χ2n) is 5.56. The molecule has 5 heteroatoms. The van der Waals surface area contributed by atoms with Crippen LogP contribution in [0.5, 0.6) is 0 Å². The SMILES string of the molecule is CSCC(=O)N(C)C1CCCN(Cc2ccccc2F)C1. The Morgan fingerprint density at radius 3 is 2.95 bits per heavy atom. The van der Waals surface area contributed by atoms with Crippen molar-refractivity contribution in [1.82, 2.24) is 9.80 Å². The zero-order valence-corrected chi connectivity index (χ0v) is 13.5. The van der Waals surface area contributed by atoms with Crippen LogP contribution < -0.4 is 0 Å². The molecule has 21 heavy (non-hydrogen) atoms. The lowest BCUT2D eigenvalue weighted by Crippen LogP contribution is -2.48. The molecule has 1 aromatic rings. The number of benzene rings is 1. The van der Waals surface area contributed by atoms with Crippen LogP contribution in [0.1, 0.15) is 18.4 Å². The predicted octanol–water partition coefficient (Wildman–Crippen LogP) is 2.61. The summed E-state index contributed by atoms with van der Waals surface area (Å²) in [4.78, 5) is 16.1. The van der Waals surface area contributed by atoms with Crippen LogP contribution in [-0.2, 0) is 11.3 Å². The summed E-state index contributed by atoms with van der Waals surface area (Å²) in [5, 5.41) is 0. The van der Waals surface area contributed by atoms with E-state index in [9.17, 15) is 9.18 Å². The minimum absolute atomic E-state index is 0.147. The van der Waals surface area contributed by atoms with Gasteiger partial charge in [-0.2, -0.15) is 11.8 Å². The van der Waals surface area contributed by atoms with Gasteiger partial charge in [0, 0.05) is 31.7 Å². The quantitative estimate of drug-likeness (QED) is 0.835. The molecule has 116 valence electrons. The molecule has 1 amide bonds. The third-order valence-electron chi connectivity index (χ3n) is 4.04. The summed E-state index contributed by atoms with van der Waals surface area (Å²) >= 11 is 1.55. The van der Waals surface area contributed by atoms with Crippen LogP contribution in [0.2, 0.25) is 0 Å². The van der Waals surface area contributed by atoms with Gasteiger partial charge in [0.1, 0.15) is 5.82 Å². The maximum Gasteiger partial charge on any atom is 0.232 e. The Morgan fingerprint density at radius 1 is 1.48 bits per heavy atom.